The minimum Gasteiger partial charge on any atom is -0.384 e. The first-order valence-corrected chi connectivity index (χ1v) is 8.52. The van der Waals surface area contributed by atoms with Gasteiger partial charge in [0.15, 0.2) is 4.90 Å². The highest BCUT2D eigenvalue weighted by atomic mass is 79.9. The summed E-state index contributed by atoms with van der Waals surface area (Å²) in [6.07, 6.45) is 0.689. The summed E-state index contributed by atoms with van der Waals surface area (Å²) in [7, 11) is -2.32. The molecule has 1 heterocycles. The summed E-state index contributed by atoms with van der Waals surface area (Å²) in [5.41, 5.74) is -0.409. The molecule has 9 heteroatoms. The number of benzene rings is 1. The first kappa shape index (κ1) is 16.3. The van der Waals surface area contributed by atoms with E-state index < -0.39 is 20.6 Å². The predicted octanol–water partition coefficient (Wildman–Crippen LogP) is 2.01. The fraction of sp³-hybridized carbons (Fsp3) is 0.500. The molecule has 0 saturated carbocycles. The quantitative estimate of drug-likeness (QED) is 0.577. The molecule has 1 fully saturated rings. The predicted molar refractivity (Wildman–Crippen MR) is 79.5 cm³/mol. The van der Waals surface area contributed by atoms with E-state index in [9.17, 15) is 18.5 Å². The van der Waals surface area contributed by atoms with Gasteiger partial charge in [0, 0.05) is 30.7 Å². The molecule has 1 aliphatic heterocycles. The molecule has 0 amide bonds. The summed E-state index contributed by atoms with van der Waals surface area (Å²) in [5, 5.41) is 11.0. The van der Waals surface area contributed by atoms with E-state index in [0.29, 0.717) is 30.6 Å². The van der Waals surface area contributed by atoms with Crippen LogP contribution in [0.4, 0.5) is 5.69 Å². The third kappa shape index (κ3) is 3.42. The lowest BCUT2D eigenvalue weighted by atomic mass is 10.1. The van der Waals surface area contributed by atoms with Gasteiger partial charge >= 0.3 is 0 Å². The smallest absolute Gasteiger partial charge is 0.289 e. The van der Waals surface area contributed by atoms with Crippen molar-refractivity contribution in [3.63, 3.8) is 0 Å². The number of nitrogens with zero attached hydrogens (tertiary/aromatic N) is 2. The minimum absolute atomic E-state index is 0.121. The minimum atomic E-state index is -3.88. The first-order chi connectivity index (χ1) is 9.86. The Balaban J connectivity index is 2.36. The highest BCUT2D eigenvalue weighted by Crippen LogP contribution is 2.32. The van der Waals surface area contributed by atoms with Crippen molar-refractivity contribution in [2.75, 3.05) is 26.8 Å². The molecular formula is C12H15BrN2O5S. The van der Waals surface area contributed by atoms with Gasteiger partial charge in [-0.3, -0.25) is 10.1 Å². The van der Waals surface area contributed by atoms with Gasteiger partial charge in [0.1, 0.15) is 0 Å². The second-order valence-electron chi connectivity index (χ2n) is 4.84. The van der Waals surface area contributed by atoms with Gasteiger partial charge in [0.05, 0.1) is 11.5 Å². The van der Waals surface area contributed by atoms with E-state index in [-0.39, 0.29) is 10.8 Å². The van der Waals surface area contributed by atoms with E-state index in [2.05, 4.69) is 15.9 Å². The molecule has 1 unspecified atom stereocenters. The van der Waals surface area contributed by atoms with Gasteiger partial charge < -0.3 is 4.74 Å². The zero-order valence-corrected chi connectivity index (χ0v) is 13.8. The molecule has 21 heavy (non-hydrogen) atoms. The number of ether oxygens (including phenoxy) is 1. The van der Waals surface area contributed by atoms with E-state index in [1.807, 2.05) is 0 Å². The molecular weight excluding hydrogens is 364 g/mol. The van der Waals surface area contributed by atoms with Gasteiger partial charge in [-0.1, -0.05) is 15.9 Å². The van der Waals surface area contributed by atoms with Crippen LogP contribution in [0.2, 0.25) is 0 Å². The Labute approximate surface area is 131 Å². The van der Waals surface area contributed by atoms with Crippen molar-refractivity contribution in [1.29, 1.82) is 0 Å². The number of hydrogen-bond donors (Lipinski definition) is 0. The van der Waals surface area contributed by atoms with Crippen LogP contribution in [0.1, 0.15) is 6.42 Å². The highest BCUT2D eigenvalue weighted by Gasteiger charge is 2.36. The topological polar surface area (TPSA) is 89.8 Å². The molecule has 1 aromatic rings. The molecule has 0 aromatic heterocycles. The lowest BCUT2D eigenvalue weighted by Gasteiger charge is -2.16. The lowest BCUT2D eigenvalue weighted by Crippen LogP contribution is -2.30. The Kier molecular flexibility index (Phi) is 4.97. The molecule has 1 aliphatic rings. The van der Waals surface area contributed by atoms with E-state index in [0.717, 1.165) is 0 Å². The Hall–Kier alpha value is -1.03. The molecule has 116 valence electrons. The van der Waals surface area contributed by atoms with Crippen molar-refractivity contribution < 1.29 is 18.1 Å². The summed E-state index contributed by atoms with van der Waals surface area (Å²) in [6.45, 7) is 1.15. The van der Waals surface area contributed by atoms with Crippen molar-refractivity contribution in [1.82, 2.24) is 4.31 Å². The molecule has 7 nitrogen and oxygen atoms in total. The molecule has 1 atom stereocenters. The van der Waals surface area contributed by atoms with Gasteiger partial charge in [-0.2, -0.15) is 4.31 Å². The fourth-order valence-corrected chi connectivity index (χ4v) is 4.60. The standard InChI is InChI=1S/C12H15BrN2O5S/c1-20-8-9-4-5-14(7-9)21(18,19)12-6-10(13)2-3-11(12)15(16)17/h2-3,6,9H,4-5,7-8H2,1H3. The number of nitro groups is 1. The van der Waals surface area contributed by atoms with Crippen LogP contribution < -0.4 is 0 Å². The summed E-state index contributed by atoms with van der Waals surface area (Å²) in [5.74, 6) is 0.121. The second kappa shape index (κ2) is 6.39. The van der Waals surface area contributed by atoms with Crippen LogP contribution in [0.25, 0.3) is 0 Å². The fourth-order valence-electron chi connectivity index (χ4n) is 2.37. The van der Waals surface area contributed by atoms with Crippen LogP contribution in [0.15, 0.2) is 27.6 Å². The van der Waals surface area contributed by atoms with Crippen molar-refractivity contribution in [3.8, 4) is 0 Å². The Bertz CT molecular complexity index is 649. The largest absolute Gasteiger partial charge is 0.384 e. The first-order valence-electron chi connectivity index (χ1n) is 6.29. The van der Waals surface area contributed by atoms with Crippen LogP contribution in [-0.4, -0.2) is 44.5 Å². The maximum atomic E-state index is 12.6. The Morgan fingerprint density at radius 2 is 2.24 bits per heavy atom. The molecule has 0 bridgehead atoms. The Morgan fingerprint density at radius 1 is 1.52 bits per heavy atom. The molecule has 0 N–H and O–H groups in total. The summed E-state index contributed by atoms with van der Waals surface area (Å²) >= 11 is 3.16. The van der Waals surface area contributed by atoms with Crippen molar-refractivity contribution in [2.24, 2.45) is 5.92 Å². The maximum absolute atomic E-state index is 12.6. The van der Waals surface area contributed by atoms with Gasteiger partial charge in [-0.15, -0.1) is 0 Å². The maximum Gasteiger partial charge on any atom is 0.289 e. The van der Waals surface area contributed by atoms with Crippen molar-refractivity contribution >= 4 is 31.6 Å². The van der Waals surface area contributed by atoms with Crippen LogP contribution in [0.5, 0.6) is 0 Å². The second-order valence-corrected chi connectivity index (χ2v) is 7.66. The molecule has 0 radical (unpaired) electrons. The Morgan fingerprint density at radius 3 is 2.86 bits per heavy atom. The van der Waals surface area contributed by atoms with E-state index in [1.165, 1.54) is 22.5 Å². The highest BCUT2D eigenvalue weighted by molar-refractivity contribution is 9.10. The molecule has 2 rings (SSSR count). The summed E-state index contributed by atoms with van der Waals surface area (Å²) in [6, 6.07) is 3.92. The van der Waals surface area contributed by atoms with E-state index >= 15 is 0 Å². The van der Waals surface area contributed by atoms with Gasteiger partial charge in [0.2, 0.25) is 10.0 Å². The zero-order chi connectivity index (χ0) is 15.6. The molecule has 0 spiro atoms. The third-order valence-corrected chi connectivity index (χ3v) is 5.77. The zero-order valence-electron chi connectivity index (χ0n) is 11.4. The van der Waals surface area contributed by atoms with Crippen LogP contribution in [-0.2, 0) is 14.8 Å². The number of halogens is 1. The SMILES string of the molecule is COCC1CCN(S(=O)(=O)c2cc(Br)ccc2[N+](=O)[O-])C1. The average molecular weight is 379 g/mol. The van der Waals surface area contributed by atoms with E-state index in [1.54, 1.807) is 7.11 Å². The van der Waals surface area contributed by atoms with Crippen molar-refractivity contribution in [3.05, 3.63) is 32.8 Å². The van der Waals surface area contributed by atoms with Gasteiger partial charge in [-0.05, 0) is 24.5 Å². The molecule has 1 saturated heterocycles. The number of rotatable bonds is 5. The van der Waals surface area contributed by atoms with Gasteiger partial charge in [-0.25, -0.2) is 8.42 Å². The third-order valence-electron chi connectivity index (χ3n) is 3.39. The van der Waals surface area contributed by atoms with Crippen LogP contribution in [0, 0.1) is 16.0 Å². The number of nitro benzene ring substituents is 1. The lowest BCUT2D eigenvalue weighted by molar-refractivity contribution is -0.387. The van der Waals surface area contributed by atoms with Crippen LogP contribution >= 0.6 is 15.9 Å². The summed E-state index contributed by atoms with van der Waals surface area (Å²) in [4.78, 5) is 10.1. The number of hydrogen-bond acceptors (Lipinski definition) is 5. The van der Waals surface area contributed by atoms with E-state index in [4.69, 9.17) is 4.74 Å². The van der Waals surface area contributed by atoms with Crippen LogP contribution in [0.3, 0.4) is 0 Å². The normalized spacial score (nSPS) is 19.8. The molecule has 0 aliphatic carbocycles. The number of sulfonamides is 1. The monoisotopic (exact) mass is 378 g/mol. The summed E-state index contributed by atoms with van der Waals surface area (Å²) < 4.78 is 32.0. The van der Waals surface area contributed by atoms with Gasteiger partial charge in [0.25, 0.3) is 5.69 Å². The van der Waals surface area contributed by atoms with Crippen molar-refractivity contribution in [2.45, 2.75) is 11.3 Å². The average Bonchev–Trinajstić information content (AvgIpc) is 2.88. The number of methoxy groups -OCH3 is 1. The molecule has 1 aromatic carbocycles.